The van der Waals surface area contributed by atoms with Crippen molar-refractivity contribution in [1.82, 2.24) is 10.4 Å². The summed E-state index contributed by atoms with van der Waals surface area (Å²) in [6.45, 7) is 0.0202. The lowest BCUT2D eigenvalue weighted by Crippen LogP contribution is -2.40. The van der Waals surface area contributed by atoms with Crippen molar-refractivity contribution in [2.45, 2.75) is 25.5 Å². The first-order chi connectivity index (χ1) is 13.5. The van der Waals surface area contributed by atoms with E-state index >= 15 is 0 Å². The Morgan fingerprint density at radius 1 is 0.929 bits per heavy atom. The van der Waals surface area contributed by atoms with Crippen molar-refractivity contribution < 1.29 is 28.8 Å². The van der Waals surface area contributed by atoms with Crippen LogP contribution in [0.3, 0.4) is 0 Å². The summed E-state index contributed by atoms with van der Waals surface area (Å²) in [7, 11) is 0. The van der Waals surface area contributed by atoms with Crippen LogP contribution in [0, 0.1) is 0 Å². The summed E-state index contributed by atoms with van der Waals surface area (Å²) in [6.07, 6.45) is -0.878. The van der Waals surface area contributed by atoms with Crippen molar-refractivity contribution in [2.75, 3.05) is 0 Å². The predicted octanol–water partition coefficient (Wildman–Crippen LogP) is 2.26. The summed E-state index contributed by atoms with van der Waals surface area (Å²) in [4.78, 5) is 53.0. The number of amides is 3. The first-order valence-corrected chi connectivity index (χ1v) is 8.64. The summed E-state index contributed by atoms with van der Waals surface area (Å²) < 4.78 is 5.14. The molecule has 0 saturated carbocycles. The van der Waals surface area contributed by atoms with Gasteiger partial charge in [0, 0.05) is 12.8 Å². The standard InChI is InChI=1S/C20H18N2O6/c23-16-11-12-17(24)22(16)28-19(25)18(15-9-5-2-6-10-15)21-20(26)27-13-14-7-3-1-4-8-14/h1-10,18H,11-13H2,(H,21,26)/t18-/m1/s1. The molecule has 1 saturated heterocycles. The Kier molecular flexibility index (Phi) is 6.01. The Labute approximate surface area is 161 Å². The molecule has 0 aliphatic carbocycles. The maximum Gasteiger partial charge on any atom is 0.408 e. The highest BCUT2D eigenvalue weighted by molar-refractivity contribution is 6.02. The molecule has 1 N–H and O–H groups in total. The van der Waals surface area contributed by atoms with Crippen LogP contribution in [0.1, 0.15) is 30.0 Å². The number of carbonyl (C=O) groups excluding carboxylic acids is 4. The van der Waals surface area contributed by atoms with Crippen LogP contribution in [0.2, 0.25) is 0 Å². The van der Waals surface area contributed by atoms with Gasteiger partial charge in [-0.1, -0.05) is 60.7 Å². The van der Waals surface area contributed by atoms with E-state index in [2.05, 4.69) is 5.32 Å². The summed E-state index contributed by atoms with van der Waals surface area (Å²) in [6, 6.07) is 16.1. The van der Waals surface area contributed by atoms with Gasteiger partial charge in [0.2, 0.25) is 0 Å². The molecule has 8 nitrogen and oxygen atoms in total. The molecule has 0 aromatic heterocycles. The number of carbonyl (C=O) groups is 4. The van der Waals surface area contributed by atoms with Crippen LogP contribution in [0.4, 0.5) is 4.79 Å². The zero-order chi connectivity index (χ0) is 19.9. The highest BCUT2D eigenvalue weighted by Gasteiger charge is 2.36. The number of hydroxylamine groups is 2. The Morgan fingerprint density at radius 3 is 2.11 bits per heavy atom. The van der Waals surface area contributed by atoms with E-state index in [9.17, 15) is 19.2 Å². The third-order valence-corrected chi connectivity index (χ3v) is 4.03. The minimum absolute atomic E-state index is 0.0192. The molecule has 3 amide bonds. The van der Waals surface area contributed by atoms with E-state index in [1.807, 2.05) is 18.2 Å². The van der Waals surface area contributed by atoms with Gasteiger partial charge in [0.25, 0.3) is 11.8 Å². The second kappa shape index (κ2) is 8.81. The third kappa shape index (κ3) is 4.73. The van der Waals surface area contributed by atoms with Gasteiger partial charge in [-0.05, 0) is 11.1 Å². The van der Waals surface area contributed by atoms with Crippen LogP contribution in [-0.2, 0) is 30.6 Å². The van der Waals surface area contributed by atoms with Gasteiger partial charge in [0.15, 0.2) is 6.04 Å². The Morgan fingerprint density at radius 2 is 1.50 bits per heavy atom. The molecule has 2 aromatic rings. The van der Waals surface area contributed by atoms with Gasteiger partial charge < -0.3 is 14.9 Å². The van der Waals surface area contributed by atoms with Crippen molar-refractivity contribution in [3.8, 4) is 0 Å². The maximum atomic E-state index is 12.6. The van der Waals surface area contributed by atoms with Gasteiger partial charge in [-0.2, -0.15) is 0 Å². The lowest BCUT2D eigenvalue weighted by molar-refractivity contribution is -0.199. The Hall–Kier alpha value is -3.68. The lowest BCUT2D eigenvalue weighted by Gasteiger charge is -2.20. The Bertz CT molecular complexity index is 853. The van der Waals surface area contributed by atoms with E-state index < -0.39 is 29.9 Å². The number of nitrogens with zero attached hydrogens (tertiary/aromatic N) is 1. The minimum atomic E-state index is -1.24. The molecule has 0 unspecified atom stereocenters. The monoisotopic (exact) mass is 382 g/mol. The highest BCUT2D eigenvalue weighted by Crippen LogP contribution is 2.19. The number of nitrogens with one attached hydrogen (secondary N) is 1. The fraction of sp³-hybridized carbons (Fsp3) is 0.200. The molecule has 0 bridgehead atoms. The van der Waals surface area contributed by atoms with Crippen molar-refractivity contribution in [3.63, 3.8) is 0 Å². The zero-order valence-electron chi connectivity index (χ0n) is 14.9. The maximum absolute atomic E-state index is 12.6. The fourth-order valence-corrected chi connectivity index (χ4v) is 2.61. The van der Waals surface area contributed by atoms with Crippen LogP contribution in [0.25, 0.3) is 0 Å². The number of hydrogen-bond donors (Lipinski definition) is 1. The van der Waals surface area contributed by atoms with Crippen molar-refractivity contribution in [3.05, 3.63) is 71.8 Å². The van der Waals surface area contributed by atoms with E-state index in [1.54, 1.807) is 42.5 Å². The summed E-state index contributed by atoms with van der Waals surface area (Å²) in [5, 5.41) is 2.86. The molecule has 8 heteroatoms. The zero-order valence-corrected chi connectivity index (χ0v) is 14.9. The molecule has 28 heavy (non-hydrogen) atoms. The number of rotatable bonds is 6. The summed E-state index contributed by atoms with van der Waals surface area (Å²) in [5.74, 6) is -2.17. The number of hydrogen-bond acceptors (Lipinski definition) is 6. The number of benzene rings is 2. The molecular formula is C20H18N2O6. The van der Waals surface area contributed by atoms with Crippen molar-refractivity contribution >= 4 is 23.9 Å². The van der Waals surface area contributed by atoms with Gasteiger partial charge in [-0.3, -0.25) is 9.59 Å². The van der Waals surface area contributed by atoms with E-state index in [-0.39, 0.29) is 19.4 Å². The first kappa shape index (κ1) is 19.1. The quantitative estimate of drug-likeness (QED) is 0.769. The number of ether oxygens (including phenoxy) is 1. The third-order valence-electron chi connectivity index (χ3n) is 4.03. The van der Waals surface area contributed by atoms with Crippen LogP contribution < -0.4 is 5.32 Å². The summed E-state index contributed by atoms with van der Waals surface area (Å²) in [5.41, 5.74) is 1.20. The fourth-order valence-electron chi connectivity index (χ4n) is 2.61. The van der Waals surface area contributed by atoms with Crippen LogP contribution in [0.15, 0.2) is 60.7 Å². The smallest absolute Gasteiger partial charge is 0.408 e. The molecule has 0 radical (unpaired) electrons. The molecule has 2 aromatic carbocycles. The normalized spacial score (nSPS) is 14.5. The molecule has 144 valence electrons. The SMILES string of the molecule is O=C(N[C@@H](C(=O)ON1C(=O)CCC1=O)c1ccccc1)OCc1ccccc1. The van der Waals surface area contributed by atoms with E-state index in [1.165, 1.54) is 0 Å². The lowest BCUT2D eigenvalue weighted by atomic mass is 10.1. The van der Waals surface area contributed by atoms with Gasteiger partial charge in [0.1, 0.15) is 6.61 Å². The summed E-state index contributed by atoms with van der Waals surface area (Å²) >= 11 is 0. The predicted molar refractivity (Wildman–Crippen MR) is 96.1 cm³/mol. The average molecular weight is 382 g/mol. The topological polar surface area (TPSA) is 102 Å². The first-order valence-electron chi connectivity index (χ1n) is 8.64. The van der Waals surface area contributed by atoms with Crippen LogP contribution in [-0.4, -0.2) is 28.9 Å². The average Bonchev–Trinajstić information content (AvgIpc) is 3.04. The van der Waals surface area contributed by atoms with Gasteiger partial charge in [-0.15, -0.1) is 5.06 Å². The van der Waals surface area contributed by atoms with Crippen molar-refractivity contribution in [2.24, 2.45) is 0 Å². The Balaban J connectivity index is 1.68. The minimum Gasteiger partial charge on any atom is -0.445 e. The molecule has 1 fully saturated rings. The molecule has 1 atom stereocenters. The van der Waals surface area contributed by atoms with E-state index in [0.717, 1.165) is 5.56 Å². The van der Waals surface area contributed by atoms with E-state index in [0.29, 0.717) is 10.6 Å². The van der Waals surface area contributed by atoms with Gasteiger partial charge in [-0.25, -0.2) is 9.59 Å². The molecular weight excluding hydrogens is 364 g/mol. The van der Waals surface area contributed by atoms with Crippen molar-refractivity contribution in [1.29, 1.82) is 0 Å². The molecule has 3 rings (SSSR count). The van der Waals surface area contributed by atoms with Gasteiger partial charge in [0.05, 0.1) is 0 Å². The largest absolute Gasteiger partial charge is 0.445 e. The van der Waals surface area contributed by atoms with Crippen LogP contribution in [0.5, 0.6) is 0 Å². The van der Waals surface area contributed by atoms with Gasteiger partial charge >= 0.3 is 12.1 Å². The second-order valence-corrected chi connectivity index (χ2v) is 6.04. The molecule has 1 aliphatic rings. The number of alkyl carbamates (subject to hydrolysis) is 1. The molecule has 0 spiro atoms. The second-order valence-electron chi connectivity index (χ2n) is 6.04. The molecule has 1 aliphatic heterocycles. The highest BCUT2D eigenvalue weighted by atomic mass is 16.7. The molecule has 1 heterocycles. The van der Waals surface area contributed by atoms with E-state index in [4.69, 9.17) is 9.57 Å². The van der Waals surface area contributed by atoms with Crippen LogP contribution >= 0.6 is 0 Å². The number of imide groups is 1.